The number of hydrogen-bond acceptors (Lipinski definition) is 4. The molecule has 0 radical (unpaired) electrons. The number of carbonyl (C=O) groups is 2. The summed E-state index contributed by atoms with van der Waals surface area (Å²) in [6.45, 7) is 1.67. The van der Waals surface area contributed by atoms with E-state index in [2.05, 4.69) is 4.74 Å². The number of carboxylic acid groups (broad SMARTS) is 1. The Hall–Kier alpha value is -2.04. The van der Waals surface area contributed by atoms with Crippen LogP contribution in [0.2, 0.25) is 0 Å². The van der Waals surface area contributed by atoms with E-state index in [9.17, 15) is 9.59 Å². The van der Waals surface area contributed by atoms with Crippen LogP contribution in [-0.4, -0.2) is 30.3 Å². The highest BCUT2D eigenvalue weighted by atomic mass is 16.5. The van der Waals surface area contributed by atoms with Crippen molar-refractivity contribution >= 4 is 11.9 Å². The second-order valence-corrected chi connectivity index (χ2v) is 3.54. The van der Waals surface area contributed by atoms with E-state index in [1.54, 1.807) is 31.2 Å². The average molecular weight is 238 g/mol. The average Bonchev–Trinajstić information content (AvgIpc) is 2.28. The van der Waals surface area contributed by atoms with Crippen LogP contribution in [0.4, 0.5) is 0 Å². The normalized spacial score (nSPS) is 11.6. The molecule has 0 bridgehead atoms. The summed E-state index contributed by atoms with van der Waals surface area (Å²) in [4.78, 5) is 21.6. The molecule has 92 valence electrons. The Labute approximate surface area is 99.0 Å². The minimum Gasteiger partial charge on any atom is -0.490 e. The van der Waals surface area contributed by atoms with Gasteiger partial charge in [-0.1, -0.05) is 0 Å². The van der Waals surface area contributed by atoms with Gasteiger partial charge in [0.05, 0.1) is 19.1 Å². The molecule has 5 heteroatoms. The number of esters is 1. The third-order valence-electron chi connectivity index (χ3n) is 2.07. The van der Waals surface area contributed by atoms with Crippen molar-refractivity contribution in [3.05, 3.63) is 29.8 Å². The summed E-state index contributed by atoms with van der Waals surface area (Å²) in [7, 11) is 1.31. The number of aliphatic carboxylic acids is 1. The Bertz CT molecular complexity index is 396. The first-order chi connectivity index (χ1) is 8.02. The van der Waals surface area contributed by atoms with Crippen LogP contribution in [0.25, 0.3) is 0 Å². The summed E-state index contributed by atoms with van der Waals surface area (Å²) in [6, 6.07) is 6.33. The lowest BCUT2D eigenvalue weighted by atomic mass is 10.2. The lowest BCUT2D eigenvalue weighted by Crippen LogP contribution is -2.16. The van der Waals surface area contributed by atoms with Crippen molar-refractivity contribution in [1.29, 1.82) is 0 Å². The topological polar surface area (TPSA) is 72.8 Å². The maximum absolute atomic E-state index is 11.2. The van der Waals surface area contributed by atoms with Gasteiger partial charge in [-0.25, -0.2) is 4.79 Å². The molecule has 17 heavy (non-hydrogen) atoms. The summed E-state index contributed by atoms with van der Waals surface area (Å²) in [5.41, 5.74) is 0.422. The molecule has 0 aliphatic rings. The lowest BCUT2D eigenvalue weighted by molar-refractivity contribution is -0.138. The molecule has 0 aliphatic carbocycles. The summed E-state index contributed by atoms with van der Waals surface area (Å²) in [5, 5.41) is 8.57. The SMILES string of the molecule is COC(=O)c1ccc(O[C@H](C)CC(=O)O)cc1. The fraction of sp³-hybridized carbons (Fsp3) is 0.333. The van der Waals surface area contributed by atoms with E-state index in [4.69, 9.17) is 9.84 Å². The van der Waals surface area contributed by atoms with Crippen molar-refractivity contribution in [3.8, 4) is 5.75 Å². The molecule has 0 aromatic heterocycles. The van der Waals surface area contributed by atoms with Crippen LogP contribution in [-0.2, 0) is 9.53 Å². The molecule has 1 atom stereocenters. The van der Waals surface area contributed by atoms with Crippen molar-refractivity contribution in [3.63, 3.8) is 0 Å². The highest BCUT2D eigenvalue weighted by molar-refractivity contribution is 5.89. The van der Waals surface area contributed by atoms with Crippen LogP contribution in [0.1, 0.15) is 23.7 Å². The van der Waals surface area contributed by atoms with E-state index in [1.165, 1.54) is 7.11 Å². The largest absolute Gasteiger partial charge is 0.490 e. The minimum absolute atomic E-state index is 0.0707. The predicted molar refractivity (Wildman–Crippen MR) is 60.1 cm³/mol. The molecular weight excluding hydrogens is 224 g/mol. The Morgan fingerprint density at radius 1 is 1.29 bits per heavy atom. The van der Waals surface area contributed by atoms with Gasteiger partial charge < -0.3 is 14.6 Å². The molecule has 1 N–H and O–H groups in total. The Balaban J connectivity index is 2.62. The molecule has 0 unspecified atom stereocenters. The maximum atomic E-state index is 11.2. The van der Waals surface area contributed by atoms with Crippen molar-refractivity contribution < 1.29 is 24.2 Å². The highest BCUT2D eigenvalue weighted by Gasteiger charge is 2.10. The predicted octanol–water partition coefficient (Wildman–Crippen LogP) is 1.72. The standard InChI is InChI=1S/C12H14O5/c1-8(7-11(13)14)17-10-5-3-9(4-6-10)12(15)16-2/h3-6,8H,7H2,1-2H3,(H,13,14)/t8-/m1/s1. The molecular formula is C12H14O5. The van der Waals surface area contributed by atoms with Gasteiger partial charge in [-0.15, -0.1) is 0 Å². The molecule has 0 saturated heterocycles. The second kappa shape index (κ2) is 5.89. The molecule has 1 aromatic carbocycles. The van der Waals surface area contributed by atoms with Gasteiger partial charge in [0.25, 0.3) is 0 Å². The summed E-state index contributed by atoms with van der Waals surface area (Å²) < 4.78 is 9.91. The quantitative estimate of drug-likeness (QED) is 0.790. The Morgan fingerprint density at radius 2 is 1.88 bits per heavy atom. The van der Waals surface area contributed by atoms with Gasteiger partial charge in [0.15, 0.2) is 0 Å². The first-order valence-electron chi connectivity index (χ1n) is 5.09. The number of carboxylic acids is 1. The summed E-state index contributed by atoms with van der Waals surface area (Å²) >= 11 is 0. The highest BCUT2D eigenvalue weighted by Crippen LogP contribution is 2.15. The van der Waals surface area contributed by atoms with Crippen molar-refractivity contribution in [1.82, 2.24) is 0 Å². The van der Waals surface area contributed by atoms with E-state index in [0.29, 0.717) is 11.3 Å². The molecule has 0 saturated carbocycles. The Morgan fingerprint density at radius 3 is 2.35 bits per heavy atom. The van der Waals surface area contributed by atoms with Gasteiger partial charge in [0.1, 0.15) is 11.9 Å². The van der Waals surface area contributed by atoms with Gasteiger partial charge >= 0.3 is 11.9 Å². The number of rotatable bonds is 5. The van der Waals surface area contributed by atoms with Crippen LogP contribution in [0.5, 0.6) is 5.75 Å². The summed E-state index contributed by atoms with van der Waals surface area (Å²) in [5.74, 6) is -0.815. The third-order valence-corrected chi connectivity index (χ3v) is 2.07. The molecule has 0 fully saturated rings. The van der Waals surface area contributed by atoms with E-state index >= 15 is 0 Å². The van der Waals surface area contributed by atoms with Crippen LogP contribution in [0.3, 0.4) is 0 Å². The van der Waals surface area contributed by atoms with Crippen molar-refractivity contribution in [2.45, 2.75) is 19.4 Å². The first-order valence-corrected chi connectivity index (χ1v) is 5.09. The molecule has 1 rings (SSSR count). The van der Waals surface area contributed by atoms with Gasteiger partial charge in [-0.2, -0.15) is 0 Å². The lowest BCUT2D eigenvalue weighted by Gasteiger charge is -2.12. The van der Waals surface area contributed by atoms with Crippen molar-refractivity contribution in [2.24, 2.45) is 0 Å². The molecule has 5 nitrogen and oxygen atoms in total. The van der Waals surface area contributed by atoms with Gasteiger partial charge in [0.2, 0.25) is 0 Å². The van der Waals surface area contributed by atoms with Gasteiger partial charge in [0, 0.05) is 0 Å². The van der Waals surface area contributed by atoms with Crippen LogP contribution < -0.4 is 4.74 Å². The molecule has 0 spiro atoms. The Kier molecular flexibility index (Phi) is 4.51. The molecule has 0 amide bonds. The number of ether oxygens (including phenoxy) is 2. The fourth-order valence-electron chi connectivity index (χ4n) is 1.31. The van der Waals surface area contributed by atoms with E-state index in [0.717, 1.165) is 0 Å². The third kappa shape index (κ3) is 4.14. The molecule has 0 heterocycles. The summed E-state index contributed by atoms with van der Waals surface area (Å²) in [6.07, 6.45) is -0.491. The minimum atomic E-state index is -0.913. The monoisotopic (exact) mass is 238 g/mol. The number of benzene rings is 1. The number of carbonyl (C=O) groups excluding carboxylic acids is 1. The maximum Gasteiger partial charge on any atom is 0.337 e. The van der Waals surface area contributed by atoms with Gasteiger partial charge in [-0.05, 0) is 31.2 Å². The molecule has 0 aliphatic heterocycles. The fourth-order valence-corrected chi connectivity index (χ4v) is 1.31. The number of hydrogen-bond donors (Lipinski definition) is 1. The van der Waals surface area contributed by atoms with Crippen LogP contribution >= 0.6 is 0 Å². The zero-order chi connectivity index (χ0) is 12.8. The zero-order valence-corrected chi connectivity index (χ0v) is 9.67. The van der Waals surface area contributed by atoms with Crippen molar-refractivity contribution in [2.75, 3.05) is 7.11 Å². The van der Waals surface area contributed by atoms with Crippen LogP contribution in [0.15, 0.2) is 24.3 Å². The smallest absolute Gasteiger partial charge is 0.337 e. The zero-order valence-electron chi connectivity index (χ0n) is 9.67. The first kappa shape index (κ1) is 13.0. The van der Waals surface area contributed by atoms with Gasteiger partial charge in [-0.3, -0.25) is 4.79 Å². The van der Waals surface area contributed by atoms with E-state index < -0.39 is 18.0 Å². The van der Waals surface area contributed by atoms with Crippen LogP contribution in [0, 0.1) is 0 Å². The van der Waals surface area contributed by atoms with E-state index in [1.807, 2.05) is 0 Å². The number of methoxy groups -OCH3 is 1. The molecule has 1 aromatic rings. The van der Waals surface area contributed by atoms with E-state index in [-0.39, 0.29) is 6.42 Å². The second-order valence-electron chi connectivity index (χ2n) is 3.54.